The van der Waals surface area contributed by atoms with Crippen LogP contribution in [0.3, 0.4) is 0 Å². The van der Waals surface area contributed by atoms with E-state index in [4.69, 9.17) is 0 Å². The number of thiol groups is 1. The van der Waals surface area contributed by atoms with Crippen LogP contribution in [0, 0.1) is 11.8 Å². The van der Waals surface area contributed by atoms with Crippen molar-refractivity contribution in [3.05, 3.63) is 0 Å². The molecule has 0 nitrogen and oxygen atoms in total. The van der Waals surface area contributed by atoms with Crippen molar-refractivity contribution in [3.8, 4) is 0 Å². The summed E-state index contributed by atoms with van der Waals surface area (Å²) >= 11 is 4.52. The summed E-state index contributed by atoms with van der Waals surface area (Å²) in [6.45, 7) is 6.76. The van der Waals surface area contributed by atoms with Crippen molar-refractivity contribution in [2.75, 3.05) is 0 Å². The van der Waals surface area contributed by atoms with E-state index in [0.29, 0.717) is 0 Å². The van der Waals surface area contributed by atoms with Crippen LogP contribution in [0.5, 0.6) is 0 Å². The molecule has 60 valence electrons. The topological polar surface area (TPSA) is 0 Å². The van der Waals surface area contributed by atoms with Crippen LogP contribution in [0.4, 0.5) is 0 Å². The van der Waals surface area contributed by atoms with Gasteiger partial charge >= 0.3 is 0 Å². The minimum Gasteiger partial charge on any atom is -0.173 e. The number of hydrogen-bond donors (Lipinski definition) is 1. The van der Waals surface area contributed by atoms with E-state index in [1.54, 1.807) is 0 Å². The lowest BCUT2D eigenvalue weighted by Gasteiger charge is -2.21. The van der Waals surface area contributed by atoms with Crippen LogP contribution in [0.25, 0.3) is 0 Å². The zero-order chi connectivity index (χ0) is 7.78. The standard InChI is InChI=1S/C9H18S/c1-7(8-4-5-8)6-9(2,3)10/h7-8,10H,4-6H2,1-3H3. The van der Waals surface area contributed by atoms with Gasteiger partial charge in [-0.2, -0.15) is 12.6 Å². The normalized spacial score (nSPS) is 22.8. The second-order valence-corrected chi connectivity index (χ2v) is 5.54. The molecule has 0 amide bonds. The van der Waals surface area contributed by atoms with Gasteiger partial charge in [0.15, 0.2) is 0 Å². The van der Waals surface area contributed by atoms with Gasteiger partial charge in [-0.1, -0.05) is 20.8 Å². The smallest absolute Gasteiger partial charge is 0.00758 e. The molecule has 0 aromatic carbocycles. The molecule has 1 heteroatoms. The maximum Gasteiger partial charge on any atom is 0.00758 e. The fourth-order valence-electron chi connectivity index (χ4n) is 1.62. The molecule has 0 bridgehead atoms. The van der Waals surface area contributed by atoms with Crippen molar-refractivity contribution in [3.63, 3.8) is 0 Å². The molecule has 0 aliphatic heterocycles. The van der Waals surface area contributed by atoms with Crippen LogP contribution >= 0.6 is 12.6 Å². The number of rotatable bonds is 3. The van der Waals surface area contributed by atoms with Gasteiger partial charge in [-0.05, 0) is 31.1 Å². The van der Waals surface area contributed by atoms with Crippen molar-refractivity contribution in [2.24, 2.45) is 11.8 Å². The minimum atomic E-state index is 0.238. The van der Waals surface area contributed by atoms with Crippen LogP contribution in [0.15, 0.2) is 0 Å². The quantitative estimate of drug-likeness (QED) is 0.599. The van der Waals surface area contributed by atoms with E-state index < -0.39 is 0 Å². The lowest BCUT2D eigenvalue weighted by atomic mass is 9.94. The summed E-state index contributed by atoms with van der Waals surface area (Å²) in [7, 11) is 0. The fraction of sp³-hybridized carbons (Fsp3) is 1.00. The molecule has 0 saturated heterocycles. The van der Waals surface area contributed by atoms with E-state index in [-0.39, 0.29) is 4.75 Å². The van der Waals surface area contributed by atoms with Gasteiger partial charge in [0, 0.05) is 4.75 Å². The molecule has 0 radical (unpaired) electrons. The van der Waals surface area contributed by atoms with Gasteiger partial charge in [-0.15, -0.1) is 0 Å². The van der Waals surface area contributed by atoms with Gasteiger partial charge < -0.3 is 0 Å². The highest BCUT2D eigenvalue weighted by Gasteiger charge is 2.30. The molecule has 1 rings (SSSR count). The second-order valence-electron chi connectivity index (χ2n) is 4.33. The first-order valence-electron chi connectivity index (χ1n) is 4.21. The molecule has 1 aliphatic rings. The highest BCUT2D eigenvalue weighted by molar-refractivity contribution is 7.81. The monoisotopic (exact) mass is 158 g/mol. The molecule has 1 aliphatic carbocycles. The third kappa shape index (κ3) is 2.96. The zero-order valence-electron chi connectivity index (χ0n) is 7.22. The van der Waals surface area contributed by atoms with E-state index in [1.165, 1.54) is 19.3 Å². The van der Waals surface area contributed by atoms with E-state index in [2.05, 4.69) is 33.4 Å². The largest absolute Gasteiger partial charge is 0.173 e. The zero-order valence-corrected chi connectivity index (χ0v) is 8.12. The molecule has 0 spiro atoms. The van der Waals surface area contributed by atoms with E-state index in [1.807, 2.05) is 0 Å². The molecule has 1 unspecified atom stereocenters. The average Bonchev–Trinajstić information content (AvgIpc) is 2.35. The van der Waals surface area contributed by atoms with Crippen LogP contribution < -0.4 is 0 Å². The van der Waals surface area contributed by atoms with Crippen molar-refractivity contribution in [1.82, 2.24) is 0 Å². The van der Waals surface area contributed by atoms with Gasteiger partial charge in [0.1, 0.15) is 0 Å². The van der Waals surface area contributed by atoms with Crippen LogP contribution in [-0.2, 0) is 0 Å². The predicted octanol–water partition coefficient (Wildman–Crippen LogP) is 3.13. The maximum atomic E-state index is 4.52. The molecular weight excluding hydrogens is 140 g/mol. The molecule has 1 atom stereocenters. The molecule has 0 aromatic rings. The Balaban J connectivity index is 2.23. The summed E-state index contributed by atoms with van der Waals surface area (Å²) < 4.78 is 0.238. The Labute approximate surface area is 69.8 Å². The summed E-state index contributed by atoms with van der Waals surface area (Å²) in [5.74, 6) is 1.93. The van der Waals surface area contributed by atoms with Crippen molar-refractivity contribution in [1.29, 1.82) is 0 Å². The first kappa shape index (κ1) is 8.45. The van der Waals surface area contributed by atoms with Gasteiger partial charge in [-0.25, -0.2) is 0 Å². The highest BCUT2D eigenvalue weighted by atomic mass is 32.1. The van der Waals surface area contributed by atoms with Crippen molar-refractivity contribution >= 4 is 12.6 Å². The first-order chi connectivity index (χ1) is 4.49. The summed E-state index contributed by atoms with van der Waals surface area (Å²) in [6.07, 6.45) is 4.19. The lowest BCUT2D eigenvalue weighted by Crippen LogP contribution is -2.16. The van der Waals surface area contributed by atoms with Crippen molar-refractivity contribution in [2.45, 2.75) is 44.8 Å². The fourth-order valence-corrected chi connectivity index (χ4v) is 1.91. The van der Waals surface area contributed by atoms with E-state index in [0.717, 1.165) is 11.8 Å². The first-order valence-corrected chi connectivity index (χ1v) is 4.66. The molecule has 1 saturated carbocycles. The van der Waals surface area contributed by atoms with Gasteiger partial charge in [0.25, 0.3) is 0 Å². The molecule has 10 heavy (non-hydrogen) atoms. The van der Waals surface area contributed by atoms with Gasteiger partial charge in [0.2, 0.25) is 0 Å². The second kappa shape index (κ2) is 2.77. The van der Waals surface area contributed by atoms with Crippen LogP contribution in [-0.4, -0.2) is 4.75 Å². The molecule has 0 N–H and O–H groups in total. The van der Waals surface area contributed by atoms with Crippen LogP contribution in [0.2, 0.25) is 0 Å². The molecule has 1 fully saturated rings. The van der Waals surface area contributed by atoms with Crippen molar-refractivity contribution < 1.29 is 0 Å². The molecule has 0 aromatic heterocycles. The third-order valence-corrected chi connectivity index (χ3v) is 2.43. The summed E-state index contributed by atoms with van der Waals surface area (Å²) in [5.41, 5.74) is 0. The van der Waals surface area contributed by atoms with Gasteiger partial charge in [-0.3, -0.25) is 0 Å². The Kier molecular flexibility index (Phi) is 2.34. The summed E-state index contributed by atoms with van der Waals surface area (Å²) in [5, 5.41) is 0. The highest BCUT2D eigenvalue weighted by Crippen LogP contribution is 2.41. The van der Waals surface area contributed by atoms with E-state index >= 15 is 0 Å². The predicted molar refractivity (Wildman–Crippen MR) is 49.6 cm³/mol. The SMILES string of the molecule is CC(CC(C)(C)S)C1CC1. The maximum absolute atomic E-state index is 4.52. The third-order valence-electron chi connectivity index (χ3n) is 2.25. The Morgan fingerprint density at radius 1 is 1.50 bits per heavy atom. The minimum absolute atomic E-state index is 0.238. The Hall–Kier alpha value is 0.350. The van der Waals surface area contributed by atoms with Gasteiger partial charge in [0.05, 0.1) is 0 Å². The Morgan fingerprint density at radius 2 is 2.00 bits per heavy atom. The molecule has 0 heterocycles. The average molecular weight is 158 g/mol. The van der Waals surface area contributed by atoms with Crippen LogP contribution in [0.1, 0.15) is 40.0 Å². The molecular formula is C9H18S. The summed E-state index contributed by atoms with van der Waals surface area (Å²) in [6, 6.07) is 0. The Morgan fingerprint density at radius 3 is 2.30 bits per heavy atom. The lowest BCUT2D eigenvalue weighted by molar-refractivity contribution is 0.423. The van der Waals surface area contributed by atoms with E-state index in [9.17, 15) is 0 Å². The number of hydrogen-bond acceptors (Lipinski definition) is 1. The summed E-state index contributed by atoms with van der Waals surface area (Å²) in [4.78, 5) is 0. The Bertz CT molecular complexity index is 108.